The Morgan fingerprint density at radius 3 is 2.51 bits per heavy atom. The molecule has 0 saturated carbocycles. The second-order valence-electron chi connectivity index (χ2n) is 11.2. The number of rotatable bonds is 5. The molecule has 0 radical (unpaired) electrons. The van der Waals surface area contributed by atoms with Crippen molar-refractivity contribution in [3.8, 4) is 11.3 Å². The zero-order valence-corrected chi connectivity index (χ0v) is 22.9. The van der Waals surface area contributed by atoms with Gasteiger partial charge in [-0.15, -0.1) is 5.10 Å². The number of aryl methyl sites for hydroxylation is 3. The van der Waals surface area contributed by atoms with Crippen LogP contribution in [0.2, 0.25) is 0 Å². The van der Waals surface area contributed by atoms with Gasteiger partial charge in [-0.1, -0.05) is 5.21 Å². The largest absolute Gasteiger partial charge is 0.386 e. The molecule has 0 spiro atoms. The molecular weight excluding hydrogens is 495 g/mol. The van der Waals surface area contributed by atoms with E-state index in [0.29, 0.717) is 46.6 Å². The molecule has 0 bridgehead atoms. The number of benzene rings is 1. The molecular formula is C30H33FN6O2. The minimum absolute atomic E-state index is 0.142. The molecule has 6 rings (SSSR count). The van der Waals surface area contributed by atoms with Gasteiger partial charge in [-0.05, 0) is 82.3 Å². The maximum absolute atomic E-state index is 15.8. The maximum atomic E-state index is 15.8. The first-order chi connectivity index (χ1) is 18.6. The monoisotopic (exact) mass is 528 g/mol. The summed E-state index contributed by atoms with van der Waals surface area (Å²) in [6, 6.07) is 9.43. The highest BCUT2D eigenvalue weighted by Gasteiger charge is 2.32. The molecule has 4 aromatic heterocycles. The molecule has 5 heterocycles. The predicted octanol–water partition coefficient (Wildman–Crippen LogP) is 5.38. The van der Waals surface area contributed by atoms with Crippen molar-refractivity contribution in [2.45, 2.75) is 52.2 Å². The summed E-state index contributed by atoms with van der Waals surface area (Å²) in [5.74, 6) is -0.119. The first-order valence-corrected chi connectivity index (χ1v) is 13.4. The summed E-state index contributed by atoms with van der Waals surface area (Å²) in [6.45, 7) is 8.75. The average molecular weight is 529 g/mol. The van der Waals surface area contributed by atoms with Crippen molar-refractivity contribution < 1.29 is 14.2 Å². The van der Waals surface area contributed by atoms with Gasteiger partial charge in [-0.3, -0.25) is 9.97 Å². The van der Waals surface area contributed by atoms with Gasteiger partial charge in [0.05, 0.1) is 45.3 Å². The number of nitrogens with zero attached hydrogens (tertiary/aromatic N) is 6. The molecule has 1 N–H and O–H groups in total. The van der Waals surface area contributed by atoms with Gasteiger partial charge in [-0.25, -0.2) is 9.07 Å². The van der Waals surface area contributed by atoms with Gasteiger partial charge in [0.15, 0.2) is 0 Å². The number of pyridine rings is 2. The molecule has 0 aliphatic carbocycles. The summed E-state index contributed by atoms with van der Waals surface area (Å²) in [6.07, 6.45) is 5.28. The van der Waals surface area contributed by atoms with E-state index in [1.165, 1.54) is 0 Å². The van der Waals surface area contributed by atoms with Crippen molar-refractivity contribution in [3.05, 3.63) is 71.1 Å². The van der Waals surface area contributed by atoms with Crippen LogP contribution in [0, 0.1) is 25.6 Å². The highest BCUT2D eigenvalue weighted by atomic mass is 19.1. The molecule has 39 heavy (non-hydrogen) atoms. The summed E-state index contributed by atoms with van der Waals surface area (Å²) >= 11 is 0. The number of aromatic nitrogens is 6. The Labute approximate surface area is 226 Å². The number of hydrogen-bond donors (Lipinski definition) is 1. The van der Waals surface area contributed by atoms with Crippen LogP contribution in [-0.4, -0.2) is 47.8 Å². The molecule has 0 amide bonds. The molecule has 8 nitrogen and oxygen atoms in total. The maximum Gasteiger partial charge on any atom is 0.133 e. The zero-order chi connectivity index (χ0) is 27.5. The van der Waals surface area contributed by atoms with Crippen LogP contribution in [0.25, 0.3) is 33.2 Å². The Hall–Kier alpha value is -3.69. The van der Waals surface area contributed by atoms with Crippen LogP contribution >= 0.6 is 0 Å². The lowest BCUT2D eigenvalue weighted by Gasteiger charge is -2.32. The predicted molar refractivity (Wildman–Crippen MR) is 148 cm³/mol. The lowest BCUT2D eigenvalue weighted by molar-refractivity contribution is 0.0547. The third-order valence-electron chi connectivity index (χ3n) is 7.91. The van der Waals surface area contributed by atoms with Gasteiger partial charge >= 0.3 is 0 Å². The highest BCUT2D eigenvalue weighted by Crippen LogP contribution is 2.42. The van der Waals surface area contributed by atoms with Gasteiger partial charge in [0.2, 0.25) is 0 Å². The molecule has 5 aromatic rings. The SMILES string of the molecule is Cc1ccnc(C(C2CCOCC2)n2c3cc(-c4c(C)nnn4C)c(F)cc3c3ncc(C(C)(C)O)cc32)c1. The minimum atomic E-state index is -1.09. The molecule has 9 heteroatoms. The number of halogens is 1. The minimum Gasteiger partial charge on any atom is -0.386 e. The molecule has 1 aliphatic heterocycles. The summed E-state index contributed by atoms with van der Waals surface area (Å²) in [4.78, 5) is 9.63. The van der Waals surface area contributed by atoms with Crippen LogP contribution in [0.15, 0.2) is 42.7 Å². The van der Waals surface area contributed by atoms with Crippen LogP contribution < -0.4 is 0 Å². The Morgan fingerprint density at radius 1 is 1.08 bits per heavy atom. The highest BCUT2D eigenvalue weighted by molar-refractivity contribution is 6.07. The van der Waals surface area contributed by atoms with Crippen molar-refractivity contribution in [2.24, 2.45) is 13.0 Å². The molecule has 1 unspecified atom stereocenters. The van der Waals surface area contributed by atoms with E-state index < -0.39 is 5.60 Å². The summed E-state index contributed by atoms with van der Waals surface area (Å²) in [7, 11) is 1.77. The fraction of sp³-hybridized carbons (Fsp3) is 0.400. The lowest BCUT2D eigenvalue weighted by Crippen LogP contribution is -2.27. The van der Waals surface area contributed by atoms with Gasteiger partial charge in [-0.2, -0.15) is 0 Å². The van der Waals surface area contributed by atoms with Crippen LogP contribution in [-0.2, 0) is 17.4 Å². The van der Waals surface area contributed by atoms with Crippen LogP contribution in [0.1, 0.15) is 55.2 Å². The molecule has 1 atom stereocenters. The standard InChI is InChI=1S/C30H33FN6O2/c1-17-6-9-32-24(12-17)29(19-7-10-39-11-8-19)37-25-15-21(28-18(2)34-35-36(28)5)23(31)14-22(25)27-26(37)13-20(16-33-27)30(3,4)38/h6,9,12-16,19,29,38H,7-8,10-11H2,1-5H3. The topological polar surface area (TPSA) is 90.9 Å². The van der Waals surface area contributed by atoms with E-state index in [4.69, 9.17) is 14.7 Å². The molecule has 1 saturated heterocycles. The summed E-state index contributed by atoms with van der Waals surface area (Å²) < 4.78 is 25.4. The third kappa shape index (κ3) is 4.39. The van der Waals surface area contributed by atoms with E-state index in [0.717, 1.165) is 35.1 Å². The van der Waals surface area contributed by atoms with Gasteiger partial charge in [0, 0.05) is 49.2 Å². The molecule has 1 fully saturated rings. The molecule has 202 valence electrons. The Balaban J connectivity index is 1.73. The summed E-state index contributed by atoms with van der Waals surface area (Å²) in [5.41, 5.74) is 5.75. The number of hydrogen-bond acceptors (Lipinski definition) is 6. The van der Waals surface area contributed by atoms with Crippen molar-refractivity contribution in [3.63, 3.8) is 0 Å². The van der Waals surface area contributed by atoms with E-state index in [2.05, 4.69) is 27.9 Å². The number of fused-ring (bicyclic) bond motifs is 3. The Bertz CT molecular complexity index is 1670. The van der Waals surface area contributed by atoms with E-state index in [-0.39, 0.29) is 17.8 Å². The fourth-order valence-corrected chi connectivity index (χ4v) is 5.91. The van der Waals surface area contributed by atoms with Gasteiger partial charge < -0.3 is 14.4 Å². The third-order valence-corrected chi connectivity index (χ3v) is 7.91. The van der Waals surface area contributed by atoms with E-state index in [1.807, 2.05) is 31.3 Å². The second kappa shape index (κ2) is 9.50. The summed E-state index contributed by atoms with van der Waals surface area (Å²) in [5, 5.41) is 19.9. The zero-order valence-electron chi connectivity index (χ0n) is 22.9. The van der Waals surface area contributed by atoms with E-state index in [9.17, 15) is 5.11 Å². The number of ether oxygens (including phenoxy) is 1. The number of aliphatic hydroxyl groups is 1. The van der Waals surface area contributed by atoms with Gasteiger partial charge in [0.25, 0.3) is 0 Å². The first-order valence-electron chi connectivity index (χ1n) is 13.4. The van der Waals surface area contributed by atoms with Crippen LogP contribution in [0.5, 0.6) is 0 Å². The van der Waals surface area contributed by atoms with E-state index >= 15 is 4.39 Å². The van der Waals surface area contributed by atoms with Crippen LogP contribution in [0.4, 0.5) is 4.39 Å². The van der Waals surface area contributed by atoms with Crippen molar-refractivity contribution in [1.82, 2.24) is 29.5 Å². The normalized spacial score (nSPS) is 15.9. The van der Waals surface area contributed by atoms with E-state index in [1.54, 1.807) is 37.8 Å². The van der Waals surface area contributed by atoms with Crippen molar-refractivity contribution in [2.75, 3.05) is 13.2 Å². The van der Waals surface area contributed by atoms with Crippen LogP contribution in [0.3, 0.4) is 0 Å². The van der Waals surface area contributed by atoms with Gasteiger partial charge in [0.1, 0.15) is 5.82 Å². The lowest BCUT2D eigenvalue weighted by atomic mass is 9.88. The van der Waals surface area contributed by atoms with Crippen molar-refractivity contribution in [1.29, 1.82) is 0 Å². The Kier molecular flexibility index (Phi) is 6.23. The first kappa shape index (κ1) is 25.6. The molecule has 1 aromatic carbocycles. The average Bonchev–Trinajstić information content (AvgIpc) is 3.39. The Morgan fingerprint density at radius 2 is 1.85 bits per heavy atom. The second-order valence-corrected chi connectivity index (χ2v) is 11.2. The smallest absolute Gasteiger partial charge is 0.133 e. The fourth-order valence-electron chi connectivity index (χ4n) is 5.91. The van der Waals surface area contributed by atoms with Crippen molar-refractivity contribution >= 4 is 21.9 Å². The quantitative estimate of drug-likeness (QED) is 0.329. The molecule has 1 aliphatic rings.